The van der Waals surface area contributed by atoms with Crippen molar-refractivity contribution in [3.05, 3.63) is 35.4 Å². The van der Waals surface area contributed by atoms with Crippen molar-refractivity contribution in [1.29, 1.82) is 0 Å². The van der Waals surface area contributed by atoms with Crippen LogP contribution in [0.1, 0.15) is 63.5 Å². The Balaban J connectivity index is 1.48. The number of likely N-dealkylation sites (tertiary alicyclic amines) is 1. The number of carbonyl (C=O) groups excluding carboxylic acids is 1. The zero-order chi connectivity index (χ0) is 20.4. The first kappa shape index (κ1) is 20.9. The first-order valence-corrected chi connectivity index (χ1v) is 11.7. The Morgan fingerprint density at radius 1 is 1.10 bits per heavy atom. The van der Waals surface area contributed by atoms with Crippen LogP contribution in [0.15, 0.2) is 24.3 Å². The van der Waals surface area contributed by atoms with Crippen molar-refractivity contribution in [2.24, 2.45) is 11.8 Å². The fourth-order valence-corrected chi connectivity index (χ4v) is 6.09. The number of hydrogen-bond donors (Lipinski definition) is 0. The van der Waals surface area contributed by atoms with Crippen LogP contribution in [-0.4, -0.2) is 55.1 Å². The maximum absolute atomic E-state index is 13.6. The monoisotopic (exact) mass is 398 g/mol. The molecule has 2 aliphatic heterocycles. The molecule has 1 aromatic carbocycles. The molecule has 1 aliphatic carbocycles. The van der Waals surface area contributed by atoms with E-state index in [9.17, 15) is 4.79 Å². The zero-order valence-corrected chi connectivity index (χ0v) is 18.5. The van der Waals surface area contributed by atoms with Crippen LogP contribution >= 0.6 is 0 Å². The first-order valence-electron chi connectivity index (χ1n) is 11.7. The quantitative estimate of drug-likeness (QED) is 0.744. The number of nitrogens with zero attached hydrogens (tertiary/aromatic N) is 2. The Hall–Kier alpha value is -1.39. The highest BCUT2D eigenvalue weighted by atomic mass is 16.5. The summed E-state index contributed by atoms with van der Waals surface area (Å²) < 4.78 is 5.28. The van der Waals surface area contributed by atoms with Crippen LogP contribution < -0.4 is 0 Å². The van der Waals surface area contributed by atoms with E-state index >= 15 is 0 Å². The Morgan fingerprint density at radius 2 is 1.79 bits per heavy atom. The highest BCUT2D eigenvalue weighted by molar-refractivity contribution is 5.90. The predicted molar refractivity (Wildman–Crippen MR) is 117 cm³/mol. The van der Waals surface area contributed by atoms with Crippen molar-refractivity contribution < 1.29 is 9.53 Å². The van der Waals surface area contributed by atoms with E-state index in [1.807, 2.05) is 4.90 Å². The normalized spacial score (nSPS) is 27.4. The molecular weight excluding hydrogens is 360 g/mol. The number of benzene rings is 1. The number of rotatable bonds is 5. The van der Waals surface area contributed by atoms with Gasteiger partial charge in [0.1, 0.15) is 0 Å². The van der Waals surface area contributed by atoms with Crippen molar-refractivity contribution >= 4 is 5.91 Å². The standard InChI is InChI=1S/C25H38N2O2/c1-19(2)20-8-10-22(11-9-20)26-14-12-25(13-15-26)23-7-5-4-6-21(23)18-27(24(25)28)16-17-29-3/h4-7,19-20,22H,8-18H2,1-3H3. The van der Waals surface area contributed by atoms with Crippen LogP contribution in [0.4, 0.5) is 0 Å². The van der Waals surface area contributed by atoms with Gasteiger partial charge in [-0.25, -0.2) is 0 Å². The van der Waals surface area contributed by atoms with Crippen molar-refractivity contribution in [3.8, 4) is 0 Å². The van der Waals surface area contributed by atoms with Crippen molar-refractivity contribution in [2.45, 2.75) is 70.4 Å². The minimum atomic E-state index is -0.325. The van der Waals surface area contributed by atoms with Crippen LogP contribution in [-0.2, 0) is 21.5 Å². The maximum atomic E-state index is 13.6. The number of methoxy groups -OCH3 is 1. The SMILES string of the molecule is COCCN1Cc2ccccc2C2(CCN(C3CCC(C(C)C)CC3)CC2)C1=O. The summed E-state index contributed by atoms with van der Waals surface area (Å²) in [7, 11) is 1.71. The lowest BCUT2D eigenvalue weighted by molar-refractivity contribution is -0.142. The summed E-state index contributed by atoms with van der Waals surface area (Å²) in [6.45, 7) is 8.87. The lowest BCUT2D eigenvalue weighted by atomic mass is 9.67. The van der Waals surface area contributed by atoms with Crippen molar-refractivity contribution in [3.63, 3.8) is 0 Å². The average Bonchev–Trinajstić information content (AvgIpc) is 2.76. The molecule has 4 rings (SSSR count). The van der Waals surface area contributed by atoms with Gasteiger partial charge < -0.3 is 14.5 Å². The Bertz CT molecular complexity index is 701. The minimum absolute atomic E-state index is 0.325. The molecule has 3 aliphatic rings. The number of hydrogen-bond acceptors (Lipinski definition) is 3. The Morgan fingerprint density at radius 3 is 2.45 bits per heavy atom. The minimum Gasteiger partial charge on any atom is -0.383 e. The van der Waals surface area contributed by atoms with Crippen molar-refractivity contribution in [1.82, 2.24) is 9.80 Å². The van der Waals surface area contributed by atoms with Gasteiger partial charge in [0.25, 0.3) is 0 Å². The van der Waals surface area contributed by atoms with Gasteiger partial charge in [-0.3, -0.25) is 4.79 Å². The molecule has 1 saturated heterocycles. The molecule has 160 valence electrons. The first-order chi connectivity index (χ1) is 14.0. The highest BCUT2D eigenvalue weighted by Gasteiger charge is 2.49. The van der Waals surface area contributed by atoms with Crippen LogP contribution in [0.3, 0.4) is 0 Å². The summed E-state index contributed by atoms with van der Waals surface area (Å²) in [5, 5.41) is 0. The van der Waals surface area contributed by atoms with Gasteiger partial charge in [-0.2, -0.15) is 0 Å². The zero-order valence-electron chi connectivity index (χ0n) is 18.5. The molecule has 4 heteroatoms. The van der Waals surface area contributed by atoms with E-state index in [0.717, 1.165) is 50.4 Å². The Labute approximate surface area is 176 Å². The number of fused-ring (bicyclic) bond motifs is 2. The lowest BCUT2D eigenvalue weighted by Crippen LogP contribution is -2.57. The summed E-state index contributed by atoms with van der Waals surface area (Å²) >= 11 is 0. The molecule has 1 aromatic rings. The molecule has 1 saturated carbocycles. The second-order valence-electron chi connectivity index (χ2n) is 9.81. The van der Waals surface area contributed by atoms with E-state index in [0.29, 0.717) is 19.1 Å². The molecule has 2 heterocycles. The second-order valence-corrected chi connectivity index (χ2v) is 9.81. The average molecular weight is 399 g/mol. The third kappa shape index (κ3) is 3.98. The van der Waals surface area contributed by atoms with Crippen molar-refractivity contribution in [2.75, 3.05) is 33.4 Å². The van der Waals surface area contributed by atoms with Gasteiger partial charge in [-0.1, -0.05) is 38.1 Å². The van der Waals surface area contributed by atoms with Gasteiger partial charge in [0.2, 0.25) is 5.91 Å². The van der Waals surface area contributed by atoms with E-state index in [2.05, 4.69) is 43.0 Å². The fraction of sp³-hybridized carbons (Fsp3) is 0.720. The van der Waals surface area contributed by atoms with E-state index in [4.69, 9.17) is 4.74 Å². The number of carbonyl (C=O) groups is 1. The summed E-state index contributed by atoms with van der Waals surface area (Å²) in [6, 6.07) is 9.37. The summed E-state index contributed by atoms with van der Waals surface area (Å²) in [5.74, 6) is 2.05. The van der Waals surface area contributed by atoms with Gasteiger partial charge >= 0.3 is 0 Å². The summed E-state index contributed by atoms with van der Waals surface area (Å²) in [6.07, 6.45) is 7.32. The molecule has 1 amide bonds. The summed E-state index contributed by atoms with van der Waals surface area (Å²) in [5.41, 5.74) is 2.30. The molecule has 0 unspecified atom stereocenters. The molecule has 0 atom stereocenters. The third-order valence-electron chi connectivity index (χ3n) is 8.01. The topological polar surface area (TPSA) is 32.8 Å². The largest absolute Gasteiger partial charge is 0.383 e. The van der Waals surface area contributed by atoms with E-state index in [-0.39, 0.29) is 5.41 Å². The van der Waals surface area contributed by atoms with Gasteiger partial charge in [0.15, 0.2) is 0 Å². The van der Waals surface area contributed by atoms with E-state index in [1.54, 1.807) is 7.11 Å². The fourth-order valence-electron chi connectivity index (χ4n) is 6.09. The predicted octanol–water partition coefficient (Wildman–Crippen LogP) is 4.22. The Kier molecular flexibility index (Phi) is 6.31. The lowest BCUT2D eigenvalue weighted by Gasteiger charge is -2.49. The molecule has 0 radical (unpaired) electrons. The van der Waals surface area contributed by atoms with Gasteiger partial charge in [-0.05, 0) is 74.6 Å². The molecule has 2 fully saturated rings. The van der Waals surface area contributed by atoms with Crippen LogP contribution in [0.2, 0.25) is 0 Å². The molecule has 1 spiro atoms. The number of ether oxygens (including phenoxy) is 1. The second kappa shape index (κ2) is 8.77. The third-order valence-corrected chi connectivity index (χ3v) is 8.01. The van der Waals surface area contributed by atoms with Crippen LogP contribution in [0, 0.1) is 11.8 Å². The van der Waals surface area contributed by atoms with Gasteiger partial charge in [0, 0.05) is 26.2 Å². The molecule has 0 N–H and O–H groups in total. The van der Waals surface area contributed by atoms with Crippen LogP contribution in [0.5, 0.6) is 0 Å². The highest BCUT2D eigenvalue weighted by Crippen LogP contribution is 2.44. The van der Waals surface area contributed by atoms with E-state index < -0.39 is 0 Å². The molecule has 0 bridgehead atoms. The van der Waals surface area contributed by atoms with E-state index in [1.165, 1.54) is 36.8 Å². The molecule has 4 nitrogen and oxygen atoms in total. The number of amides is 1. The van der Waals surface area contributed by atoms with Gasteiger partial charge in [0.05, 0.1) is 12.0 Å². The molecule has 0 aromatic heterocycles. The smallest absolute Gasteiger partial charge is 0.233 e. The maximum Gasteiger partial charge on any atom is 0.233 e. The summed E-state index contributed by atoms with van der Waals surface area (Å²) in [4.78, 5) is 18.4. The van der Waals surface area contributed by atoms with Crippen LogP contribution in [0.25, 0.3) is 0 Å². The molecular formula is C25H38N2O2. The van der Waals surface area contributed by atoms with Gasteiger partial charge in [-0.15, -0.1) is 0 Å². The number of piperidine rings is 1. The molecule has 29 heavy (non-hydrogen) atoms.